The van der Waals surface area contributed by atoms with Crippen molar-refractivity contribution in [2.24, 2.45) is 0 Å². The molecule has 0 saturated heterocycles. The molecule has 3 rings (SSSR count). The molecule has 3 heteroatoms. The van der Waals surface area contributed by atoms with E-state index in [2.05, 4.69) is 31.1 Å². The number of fused-ring (bicyclic) bond motifs is 1. The molecule has 1 aliphatic rings. The number of amides is 1. The largest absolute Gasteiger partial charge is 0.359 e. The molecule has 2 heterocycles. The van der Waals surface area contributed by atoms with Gasteiger partial charge in [-0.1, -0.05) is 25.1 Å². The Morgan fingerprint density at radius 1 is 1.20 bits per heavy atom. The number of hydrogen-bond donors (Lipinski definition) is 2. The van der Waals surface area contributed by atoms with Crippen LogP contribution in [0.2, 0.25) is 0 Å². The van der Waals surface area contributed by atoms with E-state index in [0.717, 1.165) is 28.9 Å². The predicted molar refractivity (Wildman–Crippen MR) is 82.6 cm³/mol. The maximum absolute atomic E-state index is 12.1. The standard InChI is InChI=1S/C17H18N2O/c1-4-12-10(2)11(3)18-16(12)9-14-13-7-5-6-8-15(13)19-17(14)20/h5-9,18H,4H2,1-3H3,(H,19,20). The lowest BCUT2D eigenvalue weighted by molar-refractivity contribution is -0.110. The third kappa shape index (κ3) is 1.86. The SMILES string of the molecule is CCc1c(C=C2C(=O)Nc3ccccc32)[nH]c(C)c1C. The van der Waals surface area contributed by atoms with Gasteiger partial charge in [-0.25, -0.2) is 0 Å². The van der Waals surface area contributed by atoms with E-state index in [1.807, 2.05) is 30.3 Å². The van der Waals surface area contributed by atoms with E-state index in [1.165, 1.54) is 16.8 Å². The van der Waals surface area contributed by atoms with Crippen LogP contribution in [0.15, 0.2) is 24.3 Å². The first-order valence-corrected chi connectivity index (χ1v) is 6.92. The molecule has 1 aliphatic heterocycles. The van der Waals surface area contributed by atoms with Crippen molar-refractivity contribution in [3.63, 3.8) is 0 Å². The molecule has 0 bridgehead atoms. The zero-order valence-electron chi connectivity index (χ0n) is 12.0. The van der Waals surface area contributed by atoms with E-state index in [0.29, 0.717) is 0 Å². The van der Waals surface area contributed by atoms with Crippen molar-refractivity contribution in [3.8, 4) is 0 Å². The minimum Gasteiger partial charge on any atom is -0.359 e. The molecule has 0 spiro atoms. The summed E-state index contributed by atoms with van der Waals surface area (Å²) in [6.45, 7) is 6.33. The van der Waals surface area contributed by atoms with E-state index in [1.54, 1.807) is 0 Å². The third-order valence-electron chi connectivity index (χ3n) is 4.01. The van der Waals surface area contributed by atoms with Gasteiger partial charge in [0.05, 0.1) is 5.57 Å². The van der Waals surface area contributed by atoms with Crippen LogP contribution in [0.3, 0.4) is 0 Å². The number of nitrogens with one attached hydrogen (secondary N) is 2. The van der Waals surface area contributed by atoms with Crippen molar-refractivity contribution >= 4 is 23.2 Å². The molecule has 1 amide bonds. The van der Waals surface area contributed by atoms with Crippen molar-refractivity contribution in [1.82, 2.24) is 4.98 Å². The van der Waals surface area contributed by atoms with E-state index in [9.17, 15) is 4.79 Å². The fraction of sp³-hybridized carbons (Fsp3) is 0.235. The summed E-state index contributed by atoms with van der Waals surface area (Å²) in [5, 5.41) is 2.91. The predicted octanol–water partition coefficient (Wildman–Crippen LogP) is 3.69. The highest BCUT2D eigenvalue weighted by Crippen LogP contribution is 2.33. The van der Waals surface area contributed by atoms with Crippen molar-refractivity contribution in [2.45, 2.75) is 27.2 Å². The number of aryl methyl sites for hydroxylation is 1. The first kappa shape index (κ1) is 12.7. The molecular weight excluding hydrogens is 248 g/mol. The van der Waals surface area contributed by atoms with E-state index >= 15 is 0 Å². The number of benzene rings is 1. The first-order chi connectivity index (χ1) is 9.61. The van der Waals surface area contributed by atoms with Crippen molar-refractivity contribution in [3.05, 3.63) is 52.3 Å². The molecule has 1 aromatic carbocycles. The second kappa shape index (κ2) is 4.67. The van der Waals surface area contributed by atoms with Gasteiger partial charge >= 0.3 is 0 Å². The molecular formula is C17H18N2O. The minimum atomic E-state index is -0.0295. The zero-order chi connectivity index (χ0) is 14.3. The average molecular weight is 266 g/mol. The summed E-state index contributed by atoms with van der Waals surface area (Å²) in [5.41, 5.74) is 7.38. The van der Waals surface area contributed by atoms with Crippen LogP contribution in [0, 0.1) is 13.8 Å². The molecule has 2 aromatic rings. The fourth-order valence-electron chi connectivity index (χ4n) is 2.80. The molecule has 0 fully saturated rings. The highest BCUT2D eigenvalue weighted by molar-refractivity contribution is 6.34. The molecule has 0 atom stereocenters. The smallest absolute Gasteiger partial charge is 0.256 e. The maximum Gasteiger partial charge on any atom is 0.256 e. The summed E-state index contributed by atoms with van der Waals surface area (Å²) in [6.07, 6.45) is 2.93. The quantitative estimate of drug-likeness (QED) is 0.800. The van der Waals surface area contributed by atoms with Crippen LogP contribution in [0.1, 0.15) is 35.0 Å². The number of aromatic nitrogens is 1. The second-order valence-electron chi connectivity index (χ2n) is 5.18. The Morgan fingerprint density at radius 3 is 2.70 bits per heavy atom. The molecule has 0 unspecified atom stereocenters. The summed E-state index contributed by atoms with van der Waals surface area (Å²) in [4.78, 5) is 15.5. The Kier molecular flexibility index (Phi) is 2.97. The highest BCUT2D eigenvalue weighted by Gasteiger charge is 2.24. The van der Waals surface area contributed by atoms with Crippen molar-refractivity contribution in [2.75, 3.05) is 5.32 Å². The number of hydrogen-bond acceptors (Lipinski definition) is 1. The fourth-order valence-corrected chi connectivity index (χ4v) is 2.80. The number of carbonyl (C=O) groups is 1. The van der Waals surface area contributed by atoms with Gasteiger partial charge in [0.25, 0.3) is 5.91 Å². The summed E-state index contributed by atoms with van der Waals surface area (Å²) < 4.78 is 0. The van der Waals surface area contributed by atoms with Gasteiger partial charge in [0, 0.05) is 22.6 Å². The summed E-state index contributed by atoms with van der Waals surface area (Å²) in [6, 6.07) is 7.80. The van der Waals surface area contributed by atoms with E-state index in [4.69, 9.17) is 0 Å². The van der Waals surface area contributed by atoms with E-state index < -0.39 is 0 Å². The van der Waals surface area contributed by atoms with Crippen molar-refractivity contribution < 1.29 is 4.79 Å². The van der Waals surface area contributed by atoms with Gasteiger partial charge in [-0.05, 0) is 43.5 Å². The Balaban J connectivity index is 2.14. The topological polar surface area (TPSA) is 44.9 Å². The lowest BCUT2D eigenvalue weighted by Crippen LogP contribution is -2.03. The molecule has 1 aromatic heterocycles. The van der Waals surface area contributed by atoms with Crippen LogP contribution in [-0.2, 0) is 11.2 Å². The normalized spacial score (nSPS) is 15.6. The van der Waals surface area contributed by atoms with Gasteiger partial charge in [0.2, 0.25) is 0 Å². The number of anilines is 1. The zero-order valence-corrected chi connectivity index (χ0v) is 12.0. The molecule has 0 aliphatic carbocycles. The second-order valence-corrected chi connectivity index (χ2v) is 5.18. The van der Waals surface area contributed by atoms with Crippen LogP contribution in [0.5, 0.6) is 0 Å². The maximum atomic E-state index is 12.1. The summed E-state index contributed by atoms with van der Waals surface area (Å²) >= 11 is 0. The summed E-state index contributed by atoms with van der Waals surface area (Å²) in [7, 11) is 0. The summed E-state index contributed by atoms with van der Waals surface area (Å²) in [5.74, 6) is -0.0295. The molecule has 2 N–H and O–H groups in total. The Morgan fingerprint density at radius 2 is 1.95 bits per heavy atom. The Hall–Kier alpha value is -2.29. The molecule has 20 heavy (non-hydrogen) atoms. The van der Waals surface area contributed by atoms with Gasteiger partial charge in [-0.3, -0.25) is 4.79 Å². The van der Waals surface area contributed by atoms with Gasteiger partial charge in [-0.2, -0.15) is 0 Å². The average Bonchev–Trinajstić information content (AvgIpc) is 2.89. The minimum absolute atomic E-state index is 0.0295. The van der Waals surface area contributed by atoms with Crippen molar-refractivity contribution in [1.29, 1.82) is 0 Å². The number of carbonyl (C=O) groups excluding carboxylic acids is 1. The molecule has 0 radical (unpaired) electrons. The molecule has 3 nitrogen and oxygen atoms in total. The monoisotopic (exact) mass is 266 g/mol. The molecule has 102 valence electrons. The lowest BCUT2D eigenvalue weighted by Gasteiger charge is -2.00. The van der Waals surface area contributed by atoms with Crippen LogP contribution in [0.25, 0.3) is 11.6 Å². The third-order valence-corrected chi connectivity index (χ3v) is 4.01. The number of rotatable bonds is 2. The highest BCUT2D eigenvalue weighted by atomic mass is 16.2. The van der Waals surface area contributed by atoms with Crippen LogP contribution < -0.4 is 5.32 Å². The van der Waals surface area contributed by atoms with Gasteiger partial charge < -0.3 is 10.3 Å². The van der Waals surface area contributed by atoms with E-state index in [-0.39, 0.29) is 5.91 Å². The van der Waals surface area contributed by atoms with Crippen LogP contribution in [0.4, 0.5) is 5.69 Å². The lowest BCUT2D eigenvalue weighted by atomic mass is 10.0. The number of H-pyrrole nitrogens is 1. The number of aromatic amines is 1. The first-order valence-electron chi connectivity index (χ1n) is 6.92. The molecule has 0 saturated carbocycles. The van der Waals surface area contributed by atoms with Crippen LogP contribution in [-0.4, -0.2) is 10.9 Å². The number of para-hydroxylation sites is 1. The Bertz CT molecular complexity index is 723. The van der Waals surface area contributed by atoms with Gasteiger partial charge in [-0.15, -0.1) is 0 Å². The van der Waals surface area contributed by atoms with Gasteiger partial charge in [0.1, 0.15) is 0 Å². The Labute approximate surface area is 118 Å². The van der Waals surface area contributed by atoms with Gasteiger partial charge in [0.15, 0.2) is 0 Å². The van der Waals surface area contributed by atoms with Crippen LogP contribution >= 0.6 is 0 Å².